The molecule has 1 fully saturated rings. The number of nitrogens with two attached hydrogens (primary N) is 2. The molecular weight excluding hydrogens is 437 g/mol. The molecule has 1 aromatic rings. The van der Waals surface area contributed by atoms with Gasteiger partial charge >= 0.3 is 12.1 Å². The van der Waals surface area contributed by atoms with Crippen LogP contribution >= 0.6 is 0 Å². The Morgan fingerprint density at radius 2 is 1.84 bits per heavy atom. The van der Waals surface area contributed by atoms with E-state index >= 15 is 0 Å². The van der Waals surface area contributed by atoms with Crippen LogP contribution in [0.1, 0.15) is 15.9 Å². The van der Waals surface area contributed by atoms with Gasteiger partial charge in [-0.1, -0.05) is 0 Å². The van der Waals surface area contributed by atoms with Crippen LogP contribution in [0.3, 0.4) is 0 Å². The quantitative estimate of drug-likeness (QED) is 0.277. The fourth-order valence-corrected chi connectivity index (χ4v) is 4.53. The summed E-state index contributed by atoms with van der Waals surface area (Å²) < 4.78 is 43.7. The van der Waals surface area contributed by atoms with Crippen LogP contribution in [0.4, 0.5) is 13.2 Å². The normalized spacial score (nSPS) is 33.7. The second kappa shape index (κ2) is 7.50. The number of alkyl halides is 3. The van der Waals surface area contributed by atoms with Crippen LogP contribution in [0.15, 0.2) is 34.3 Å². The number of hydrogen-bond donors (Lipinski definition) is 6. The van der Waals surface area contributed by atoms with Gasteiger partial charge < -0.3 is 41.7 Å². The predicted octanol–water partition coefficient (Wildman–Crippen LogP) is -2.06. The lowest BCUT2D eigenvalue weighted by molar-refractivity contribution is -0.137. The number of aliphatic hydroxyl groups is 3. The maximum atomic E-state index is 12.8. The third-order valence-corrected chi connectivity index (χ3v) is 5.90. The van der Waals surface area contributed by atoms with E-state index in [1.807, 2.05) is 0 Å². The standard InChI is InChI=1S/C18H21F3N6O5/c19-18(20,21)8-3-1-7(2-4-8)14(31)32-11-10(6-29)27-16(23)24-9(5-28)12-17(27,13(11)30)26-15(22)25-12/h1-4,9-13,28-30H,5-6H2,(H2,23,24)(H3,22,25,26)/t9-,10+,11-,12?,13+,17?/m0/s1. The minimum atomic E-state index is -4.57. The fourth-order valence-electron chi connectivity index (χ4n) is 4.53. The third kappa shape index (κ3) is 3.13. The van der Waals surface area contributed by atoms with Gasteiger partial charge in [-0.2, -0.15) is 13.2 Å². The summed E-state index contributed by atoms with van der Waals surface area (Å²) >= 11 is 0. The smallest absolute Gasteiger partial charge is 0.416 e. The number of hydrogen-bond acceptors (Lipinski definition) is 11. The number of carbonyl (C=O) groups excluding carboxylic acids is 1. The lowest BCUT2D eigenvalue weighted by Crippen LogP contribution is -2.73. The van der Waals surface area contributed by atoms with Crippen LogP contribution < -0.4 is 16.8 Å². The van der Waals surface area contributed by atoms with E-state index in [4.69, 9.17) is 16.2 Å². The average molecular weight is 458 g/mol. The largest absolute Gasteiger partial charge is 0.454 e. The molecule has 0 bridgehead atoms. The maximum Gasteiger partial charge on any atom is 0.416 e. The van der Waals surface area contributed by atoms with E-state index in [1.54, 1.807) is 0 Å². The van der Waals surface area contributed by atoms with Crippen molar-refractivity contribution in [1.29, 1.82) is 0 Å². The summed E-state index contributed by atoms with van der Waals surface area (Å²) in [4.78, 5) is 22.3. The first-order chi connectivity index (χ1) is 15.0. The number of carbonyl (C=O) groups is 1. The number of aliphatic hydroxyl groups excluding tert-OH is 3. The molecule has 3 aliphatic rings. The second-order valence-corrected chi connectivity index (χ2v) is 7.66. The highest BCUT2D eigenvalue weighted by atomic mass is 19.4. The molecular formula is C18H21F3N6O5. The van der Waals surface area contributed by atoms with Gasteiger partial charge in [0.15, 0.2) is 23.7 Å². The van der Waals surface area contributed by atoms with Crippen molar-refractivity contribution in [3.05, 3.63) is 35.4 Å². The summed E-state index contributed by atoms with van der Waals surface area (Å²) in [5, 5.41) is 33.7. The lowest BCUT2D eigenvalue weighted by Gasteiger charge is -2.47. The van der Waals surface area contributed by atoms with Gasteiger partial charge in [-0.05, 0) is 24.3 Å². The van der Waals surface area contributed by atoms with Crippen LogP contribution in [0.5, 0.6) is 0 Å². The Morgan fingerprint density at radius 1 is 1.19 bits per heavy atom. The van der Waals surface area contributed by atoms with Gasteiger partial charge in [0.25, 0.3) is 0 Å². The number of esters is 1. The molecule has 11 nitrogen and oxygen atoms in total. The van der Waals surface area contributed by atoms with Gasteiger partial charge in [-0.25, -0.2) is 14.8 Å². The summed E-state index contributed by atoms with van der Waals surface area (Å²) in [6.07, 6.45) is -7.50. The first kappa shape index (κ1) is 22.1. The molecule has 6 atom stereocenters. The fraction of sp³-hybridized carbons (Fsp3) is 0.500. The van der Waals surface area contributed by atoms with Crippen molar-refractivity contribution in [3.8, 4) is 0 Å². The van der Waals surface area contributed by atoms with E-state index in [0.717, 1.165) is 24.3 Å². The Bertz CT molecular complexity index is 971. The minimum Gasteiger partial charge on any atom is -0.454 e. The molecule has 4 rings (SSSR count). The summed E-state index contributed by atoms with van der Waals surface area (Å²) in [7, 11) is 0. The zero-order chi connectivity index (χ0) is 23.4. The molecule has 1 spiro atoms. The topological polar surface area (TPSA) is 179 Å². The molecule has 0 radical (unpaired) electrons. The summed E-state index contributed by atoms with van der Waals surface area (Å²) in [5.41, 5.74) is 9.16. The van der Waals surface area contributed by atoms with E-state index in [1.165, 1.54) is 4.90 Å². The summed E-state index contributed by atoms with van der Waals surface area (Å²) in [6.45, 7) is -1.09. The molecule has 174 valence electrons. The number of halogens is 3. The van der Waals surface area contributed by atoms with Gasteiger partial charge in [-0.3, -0.25) is 0 Å². The van der Waals surface area contributed by atoms with Crippen LogP contribution in [0, 0.1) is 0 Å². The predicted molar refractivity (Wildman–Crippen MR) is 103 cm³/mol. The van der Waals surface area contributed by atoms with E-state index in [0.29, 0.717) is 0 Å². The van der Waals surface area contributed by atoms with Crippen molar-refractivity contribution in [1.82, 2.24) is 10.2 Å². The van der Waals surface area contributed by atoms with Gasteiger partial charge in [0.1, 0.15) is 18.2 Å². The number of guanidine groups is 2. The van der Waals surface area contributed by atoms with E-state index in [-0.39, 0.29) is 17.5 Å². The van der Waals surface area contributed by atoms with Gasteiger partial charge in [-0.15, -0.1) is 0 Å². The minimum absolute atomic E-state index is 0.0752. The number of benzene rings is 1. The Morgan fingerprint density at radius 3 is 2.41 bits per heavy atom. The first-order valence-electron chi connectivity index (χ1n) is 9.56. The number of aliphatic imine (C=N–C) groups is 2. The van der Waals surface area contributed by atoms with Crippen LogP contribution in [0.2, 0.25) is 0 Å². The number of nitrogens with one attached hydrogen (secondary N) is 1. The highest BCUT2D eigenvalue weighted by Crippen LogP contribution is 2.44. The second-order valence-electron chi connectivity index (χ2n) is 7.66. The van der Waals surface area contributed by atoms with Crippen molar-refractivity contribution in [2.45, 2.75) is 42.2 Å². The van der Waals surface area contributed by atoms with Crippen molar-refractivity contribution >= 4 is 17.9 Å². The first-order valence-corrected chi connectivity index (χ1v) is 9.56. The Labute approximate surface area is 179 Å². The molecule has 8 N–H and O–H groups in total. The van der Waals surface area contributed by atoms with Crippen LogP contribution in [-0.4, -0.2) is 87.3 Å². The SMILES string of the molecule is NC1=NC2[C@H](CO)N=C(N)N3[C@H](CO)[C@H](OC(=O)c4ccc(C(F)(F)F)cc4)[C@@H](O)C23N1. The molecule has 0 aromatic heterocycles. The van der Waals surface area contributed by atoms with Crippen molar-refractivity contribution < 1.29 is 38.0 Å². The van der Waals surface area contributed by atoms with Crippen LogP contribution in [-0.2, 0) is 10.9 Å². The summed E-state index contributed by atoms with van der Waals surface area (Å²) in [5.74, 6) is -1.24. The molecule has 1 saturated heterocycles. The molecule has 32 heavy (non-hydrogen) atoms. The van der Waals surface area contributed by atoms with Crippen LogP contribution in [0.25, 0.3) is 0 Å². The van der Waals surface area contributed by atoms with Gasteiger partial charge in [0.05, 0.1) is 30.4 Å². The Hall–Kier alpha value is -3.10. The van der Waals surface area contributed by atoms with Gasteiger partial charge in [0.2, 0.25) is 0 Å². The molecule has 3 heterocycles. The third-order valence-electron chi connectivity index (χ3n) is 5.90. The zero-order valence-electron chi connectivity index (χ0n) is 16.4. The van der Waals surface area contributed by atoms with Crippen molar-refractivity contribution in [2.24, 2.45) is 21.5 Å². The number of rotatable bonds is 4. The number of ether oxygens (including phenoxy) is 1. The Balaban J connectivity index is 1.65. The Kier molecular flexibility index (Phi) is 5.18. The van der Waals surface area contributed by atoms with Crippen molar-refractivity contribution in [3.63, 3.8) is 0 Å². The molecule has 0 saturated carbocycles. The van der Waals surface area contributed by atoms with E-state index in [2.05, 4.69) is 15.3 Å². The van der Waals surface area contributed by atoms with Gasteiger partial charge in [0, 0.05) is 0 Å². The highest BCUT2D eigenvalue weighted by molar-refractivity contribution is 5.90. The molecule has 14 heteroatoms. The molecule has 1 aromatic carbocycles. The monoisotopic (exact) mass is 458 g/mol. The maximum absolute atomic E-state index is 12.8. The molecule has 3 aliphatic heterocycles. The summed E-state index contributed by atoms with van der Waals surface area (Å²) in [6, 6.07) is 0.488. The zero-order valence-corrected chi connectivity index (χ0v) is 16.4. The molecule has 2 unspecified atom stereocenters. The number of nitrogens with zero attached hydrogens (tertiary/aromatic N) is 3. The molecule has 0 amide bonds. The van der Waals surface area contributed by atoms with E-state index in [9.17, 15) is 33.3 Å². The van der Waals surface area contributed by atoms with E-state index < -0.39 is 66.9 Å². The van der Waals surface area contributed by atoms with Crippen molar-refractivity contribution in [2.75, 3.05) is 13.2 Å². The highest BCUT2D eigenvalue weighted by Gasteiger charge is 2.69. The molecule has 0 aliphatic carbocycles. The lowest BCUT2D eigenvalue weighted by atomic mass is 9.88. The average Bonchev–Trinajstić information content (AvgIpc) is 3.21.